The second kappa shape index (κ2) is 5.64. The zero-order valence-corrected chi connectivity index (χ0v) is 13.5. The highest BCUT2D eigenvalue weighted by molar-refractivity contribution is 7.88. The van der Waals surface area contributed by atoms with E-state index in [0.29, 0.717) is 50.9 Å². The molecule has 1 fully saturated rings. The van der Waals surface area contributed by atoms with Crippen LogP contribution >= 0.6 is 0 Å². The van der Waals surface area contributed by atoms with Crippen LogP contribution in [0.15, 0.2) is 6.20 Å². The minimum atomic E-state index is -3.28. The summed E-state index contributed by atoms with van der Waals surface area (Å²) in [4.78, 5) is 18.6. The van der Waals surface area contributed by atoms with E-state index in [2.05, 4.69) is 4.98 Å². The number of hydrogen-bond acceptors (Lipinski definition) is 5. The first-order valence-electron chi connectivity index (χ1n) is 7.29. The number of rotatable bonds is 2. The topological polar surface area (TPSA) is 84.7 Å². The zero-order chi connectivity index (χ0) is 15.9. The van der Waals surface area contributed by atoms with Crippen LogP contribution in [0.5, 0.6) is 0 Å². The molecule has 1 aromatic rings. The number of nitrogens with zero attached hydrogens (tertiary/aromatic N) is 4. The lowest BCUT2D eigenvalue weighted by atomic mass is 10.2. The van der Waals surface area contributed by atoms with Gasteiger partial charge in [-0.05, 0) is 6.92 Å². The predicted octanol–water partition coefficient (Wildman–Crippen LogP) is -0.308. The van der Waals surface area contributed by atoms with E-state index in [1.54, 1.807) is 18.0 Å². The van der Waals surface area contributed by atoms with Crippen molar-refractivity contribution in [3.8, 4) is 0 Å². The maximum Gasteiger partial charge on any atom is 0.274 e. The molecule has 0 radical (unpaired) electrons. The molecule has 0 aromatic carbocycles. The zero-order valence-electron chi connectivity index (χ0n) is 12.7. The Morgan fingerprint density at radius 1 is 1.27 bits per heavy atom. The molecule has 0 unspecified atom stereocenters. The van der Waals surface area contributed by atoms with Gasteiger partial charge in [0.2, 0.25) is 10.0 Å². The van der Waals surface area contributed by atoms with Crippen molar-refractivity contribution in [3.63, 3.8) is 0 Å². The van der Waals surface area contributed by atoms with Crippen molar-refractivity contribution < 1.29 is 17.9 Å². The number of morpholine rings is 1. The highest BCUT2D eigenvalue weighted by atomic mass is 32.2. The highest BCUT2D eigenvalue weighted by Gasteiger charge is 2.33. The number of imidazole rings is 1. The Kier molecular flexibility index (Phi) is 3.96. The van der Waals surface area contributed by atoms with E-state index in [4.69, 9.17) is 4.74 Å². The minimum absolute atomic E-state index is 0.122. The Morgan fingerprint density at radius 2 is 1.95 bits per heavy atom. The predicted molar refractivity (Wildman–Crippen MR) is 78.9 cm³/mol. The van der Waals surface area contributed by atoms with E-state index in [9.17, 15) is 13.2 Å². The van der Waals surface area contributed by atoms with Crippen molar-refractivity contribution in [2.45, 2.75) is 19.5 Å². The Bertz CT molecular complexity index is 678. The second-order valence-electron chi connectivity index (χ2n) is 5.63. The fourth-order valence-corrected chi connectivity index (χ4v) is 4.04. The van der Waals surface area contributed by atoms with Crippen molar-refractivity contribution in [1.29, 1.82) is 0 Å². The number of fused-ring (bicyclic) bond motifs is 1. The molecule has 3 heterocycles. The smallest absolute Gasteiger partial charge is 0.274 e. The van der Waals surface area contributed by atoms with Crippen molar-refractivity contribution in [2.24, 2.45) is 0 Å². The van der Waals surface area contributed by atoms with Crippen LogP contribution in [-0.2, 0) is 21.3 Å². The van der Waals surface area contributed by atoms with E-state index in [-0.39, 0.29) is 11.9 Å². The molecule has 9 heteroatoms. The third-order valence-corrected chi connectivity index (χ3v) is 5.47. The van der Waals surface area contributed by atoms with Crippen LogP contribution < -0.4 is 0 Å². The molecule has 2 aliphatic heterocycles. The number of carbonyl (C=O) groups is 1. The molecule has 22 heavy (non-hydrogen) atoms. The van der Waals surface area contributed by atoms with E-state index in [1.165, 1.54) is 10.6 Å². The van der Waals surface area contributed by atoms with Crippen molar-refractivity contribution in [2.75, 3.05) is 39.1 Å². The van der Waals surface area contributed by atoms with Gasteiger partial charge in [-0.1, -0.05) is 0 Å². The van der Waals surface area contributed by atoms with Crippen molar-refractivity contribution in [1.82, 2.24) is 18.8 Å². The van der Waals surface area contributed by atoms with Crippen LogP contribution in [0.3, 0.4) is 0 Å². The molecule has 0 spiro atoms. The molecule has 2 aliphatic rings. The molecule has 1 aromatic heterocycles. The number of ether oxygens (including phenoxy) is 1. The van der Waals surface area contributed by atoms with Crippen molar-refractivity contribution >= 4 is 15.9 Å². The third kappa shape index (κ3) is 2.75. The van der Waals surface area contributed by atoms with Crippen LogP contribution in [0.4, 0.5) is 0 Å². The van der Waals surface area contributed by atoms with E-state index < -0.39 is 10.0 Å². The van der Waals surface area contributed by atoms with E-state index in [0.717, 1.165) is 0 Å². The summed E-state index contributed by atoms with van der Waals surface area (Å²) in [6, 6.07) is -0.366. The lowest BCUT2D eigenvalue weighted by Gasteiger charge is -2.31. The molecule has 3 rings (SSSR count). The average molecular weight is 328 g/mol. The summed E-state index contributed by atoms with van der Waals surface area (Å²) in [6.45, 7) is 4.90. The SMILES string of the molecule is C[C@@H]1c2nc(C(=O)N3CCOCC3)cn2CCN1S(C)(=O)=O. The molecule has 1 saturated heterocycles. The van der Waals surface area contributed by atoms with Crippen LogP contribution in [0.2, 0.25) is 0 Å². The molecule has 122 valence electrons. The fourth-order valence-electron chi connectivity index (χ4n) is 2.96. The van der Waals surface area contributed by atoms with Crippen LogP contribution in [-0.4, -0.2) is 72.2 Å². The van der Waals surface area contributed by atoms with Crippen LogP contribution in [0.1, 0.15) is 29.3 Å². The third-order valence-electron chi connectivity index (χ3n) is 4.12. The largest absolute Gasteiger partial charge is 0.378 e. The Morgan fingerprint density at radius 3 is 2.59 bits per heavy atom. The highest BCUT2D eigenvalue weighted by Crippen LogP contribution is 2.27. The number of sulfonamides is 1. The van der Waals surface area contributed by atoms with Crippen LogP contribution in [0, 0.1) is 0 Å². The molecule has 0 aliphatic carbocycles. The van der Waals surface area contributed by atoms with Gasteiger partial charge in [-0.3, -0.25) is 4.79 Å². The normalized spacial score (nSPS) is 23.4. The number of aromatic nitrogens is 2. The van der Waals surface area contributed by atoms with E-state index in [1.807, 2.05) is 4.57 Å². The Labute approximate surface area is 129 Å². The van der Waals surface area contributed by atoms with Gasteiger partial charge in [0, 0.05) is 32.4 Å². The van der Waals surface area contributed by atoms with Gasteiger partial charge in [0.1, 0.15) is 11.5 Å². The number of amides is 1. The van der Waals surface area contributed by atoms with Gasteiger partial charge in [-0.25, -0.2) is 13.4 Å². The second-order valence-corrected chi connectivity index (χ2v) is 7.57. The Hall–Kier alpha value is -1.45. The summed E-state index contributed by atoms with van der Waals surface area (Å²) in [5, 5.41) is 0. The first-order chi connectivity index (χ1) is 10.4. The van der Waals surface area contributed by atoms with Gasteiger partial charge < -0.3 is 14.2 Å². The fraction of sp³-hybridized carbons (Fsp3) is 0.692. The summed E-state index contributed by atoms with van der Waals surface area (Å²) in [5.41, 5.74) is 0.374. The lowest BCUT2D eigenvalue weighted by molar-refractivity contribution is 0.0299. The molecule has 1 amide bonds. The van der Waals surface area contributed by atoms with Gasteiger partial charge >= 0.3 is 0 Å². The molecule has 8 nitrogen and oxygen atoms in total. The average Bonchev–Trinajstić information content (AvgIpc) is 2.91. The maximum atomic E-state index is 12.5. The first-order valence-corrected chi connectivity index (χ1v) is 9.13. The van der Waals surface area contributed by atoms with Gasteiger partial charge in [0.05, 0.1) is 25.5 Å². The standard InChI is InChI=1S/C13H20N4O4S/c1-10-12-14-11(13(18)15-5-7-21-8-6-15)9-16(12)3-4-17(10)22(2,19)20/h9-10H,3-8H2,1-2H3/t10-/m1/s1. The molecule has 0 bridgehead atoms. The molecule has 0 saturated carbocycles. The molecule has 1 atom stereocenters. The summed E-state index contributed by atoms with van der Waals surface area (Å²) in [6.07, 6.45) is 2.92. The van der Waals surface area contributed by atoms with E-state index >= 15 is 0 Å². The van der Waals surface area contributed by atoms with Crippen molar-refractivity contribution in [3.05, 3.63) is 17.7 Å². The monoisotopic (exact) mass is 328 g/mol. The number of hydrogen-bond donors (Lipinski definition) is 0. The first kappa shape index (κ1) is 15.4. The minimum Gasteiger partial charge on any atom is -0.378 e. The van der Waals surface area contributed by atoms with Gasteiger partial charge in [-0.2, -0.15) is 4.31 Å². The summed E-state index contributed by atoms with van der Waals surface area (Å²) in [7, 11) is -3.28. The molecular weight excluding hydrogens is 308 g/mol. The van der Waals surface area contributed by atoms with Gasteiger partial charge in [-0.15, -0.1) is 0 Å². The summed E-state index contributed by atoms with van der Waals surface area (Å²) >= 11 is 0. The summed E-state index contributed by atoms with van der Waals surface area (Å²) in [5.74, 6) is 0.497. The molecular formula is C13H20N4O4S. The van der Waals surface area contributed by atoms with Gasteiger partial charge in [0.15, 0.2) is 0 Å². The quantitative estimate of drug-likeness (QED) is 0.744. The van der Waals surface area contributed by atoms with Crippen LogP contribution in [0.25, 0.3) is 0 Å². The summed E-state index contributed by atoms with van der Waals surface area (Å²) < 4.78 is 32.1. The van der Waals surface area contributed by atoms with Gasteiger partial charge in [0.25, 0.3) is 5.91 Å². The lowest BCUT2D eigenvalue weighted by Crippen LogP contribution is -2.41. The Balaban J connectivity index is 1.85. The molecule has 0 N–H and O–H groups in total. The number of carbonyl (C=O) groups excluding carboxylic acids is 1. The maximum absolute atomic E-state index is 12.5.